The zero-order valence-electron chi connectivity index (χ0n) is 19.3. The van der Waals surface area contributed by atoms with Gasteiger partial charge in [0, 0.05) is 40.3 Å². The van der Waals surface area contributed by atoms with Gasteiger partial charge >= 0.3 is 0 Å². The van der Waals surface area contributed by atoms with E-state index >= 15 is 0 Å². The van der Waals surface area contributed by atoms with E-state index in [0.29, 0.717) is 29.3 Å². The van der Waals surface area contributed by atoms with Crippen LogP contribution in [-0.4, -0.2) is 23.0 Å². The molecule has 0 aliphatic heterocycles. The number of pyridine rings is 1. The molecule has 0 radical (unpaired) electrons. The van der Waals surface area contributed by atoms with Crippen molar-refractivity contribution < 1.29 is 13.9 Å². The highest BCUT2D eigenvalue weighted by atomic mass is 35.5. The van der Waals surface area contributed by atoms with Crippen molar-refractivity contribution in [3.05, 3.63) is 89.0 Å². The average Bonchev–Trinajstić information content (AvgIpc) is 3.32. The molecular weight excluding hydrogens is 465 g/mol. The highest BCUT2D eigenvalue weighted by Gasteiger charge is 2.23. The van der Waals surface area contributed by atoms with Crippen molar-refractivity contribution >= 4 is 34.1 Å². The van der Waals surface area contributed by atoms with Crippen molar-refractivity contribution in [2.75, 3.05) is 7.11 Å². The number of benzene rings is 2. The van der Waals surface area contributed by atoms with E-state index < -0.39 is 0 Å². The fourth-order valence-electron chi connectivity index (χ4n) is 4.62. The van der Waals surface area contributed by atoms with Crippen molar-refractivity contribution in [2.24, 2.45) is 5.92 Å². The van der Waals surface area contributed by atoms with Crippen LogP contribution in [-0.2, 0) is 11.3 Å². The lowest BCUT2D eigenvalue weighted by molar-refractivity contribution is -0.125. The molecule has 35 heavy (non-hydrogen) atoms. The second-order valence-corrected chi connectivity index (χ2v) is 9.13. The van der Waals surface area contributed by atoms with Crippen LogP contribution in [0.4, 0.5) is 4.39 Å². The van der Waals surface area contributed by atoms with Crippen LogP contribution in [0.5, 0.6) is 5.75 Å². The predicted octanol–water partition coefficient (Wildman–Crippen LogP) is 6.53. The summed E-state index contributed by atoms with van der Waals surface area (Å²) >= 11 is 6.03. The number of H-pyrrole nitrogens is 1. The first-order valence-corrected chi connectivity index (χ1v) is 11.9. The molecule has 1 amide bonds. The van der Waals surface area contributed by atoms with Crippen molar-refractivity contribution in [1.82, 2.24) is 15.3 Å². The highest BCUT2D eigenvalue weighted by Crippen LogP contribution is 2.37. The minimum absolute atomic E-state index is 0.0547. The van der Waals surface area contributed by atoms with E-state index in [2.05, 4.69) is 21.4 Å². The molecule has 0 saturated carbocycles. The van der Waals surface area contributed by atoms with Gasteiger partial charge in [0.05, 0.1) is 7.11 Å². The Morgan fingerprint density at radius 3 is 2.86 bits per heavy atom. The number of fused-ring (bicyclic) bond motifs is 1. The maximum atomic E-state index is 14.0. The normalized spacial score (nSPS) is 15.6. The van der Waals surface area contributed by atoms with Gasteiger partial charge in [0.1, 0.15) is 17.2 Å². The first-order chi connectivity index (χ1) is 17.0. The third-order valence-electron chi connectivity index (χ3n) is 6.47. The lowest BCUT2D eigenvalue weighted by Crippen LogP contribution is -2.31. The first-order valence-electron chi connectivity index (χ1n) is 11.5. The molecule has 7 heteroatoms. The van der Waals surface area contributed by atoms with Gasteiger partial charge < -0.3 is 15.0 Å². The van der Waals surface area contributed by atoms with Gasteiger partial charge in [-0.05, 0) is 78.4 Å². The summed E-state index contributed by atoms with van der Waals surface area (Å²) in [5.74, 6) is 0.271. The maximum Gasteiger partial charge on any atom is 0.223 e. The monoisotopic (exact) mass is 489 g/mol. The molecule has 2 aromatic heterocycles. The molecule has 1 aliphatic carbocycles. The number of aromatic amines is 1. The Morgan fingerprint density at radius 2 is 2.09 bits per heavy atom. The van der Waals surface area contributed by atoms with E-state index in [9.17, 15) is 9.18 Å². The van der Waals surface area contributed by atoms with E-state index in [1.807, 2.05) is 36.4 Å². The summed E-state index contributed by atoms with van der Waals surface area (Å²) in [6.07, 6.45) is 6.05. The topological polar surface area (TPSA) is 67.0 Å². The van der Waals surface area contributed by atoms with E-state index in [0.717, 1.165) is 46.3 Å². The zero-order valence-corrected chi connectivity index (χ0v) is 20.0. The van der Waals surface area contributed by atoms with Crippen LogP contribution in [0.15, 0.2) is 66.9 Å². The van der Waals surface area contributed by atoms with Crippen molar-refractivity contribution in [1.29, 1.82) is 0 Å². The summed E-state index contributed by atoms with van der Waals surface area (Å²) in [6.45, 7) is 0.465. The van der Waals surface area contributed by atoms with E-state index in [-0.39, 0.29) is 17.6 Å². The first kappa shape index (κ1) is 23.1. The number of aromatic nitrogens is 2. The van der Waals surface area contributed by atoms with Gasteiger partial charge in [0.15, 0.2) is 0 Å². The Kier molecular flexibility index (Phi) is 6.55. The predicted molar refractivity (Wildman–Crippen MR) is 137 cm³/mol. The highest BCUT2D eigenvalue weighted by molar-refractivity contribution is 6.30. The van der Waals surface area contributed by atoms with Crippen LogP contribution in [0.25, 0.3) is 27.7 Å². The molecule has 0 bridgehead atoms. The second kappa shape index (κ2) is 9.92. The molecule has 2 N–H and O–H groups in total. The minimum atomic E-state index is -0.323. The number of rotatable bonds is 6. The van der Waals surface area contributed by atoms with Gasteiger partial charge in [-0.2, -0.15) is 0 Å². The number of carbonyl (C=O) groups excluding carboxylic acids is 1. The molecule has 5 nitrogen and oxygen atoms in total. The number of allylic oxidation sites excluding steroid dienone is 2. The SMILES string of the molecule is COc1ccc(F)cc1-c1ccnc2[nH]c(C3=CCC(C(=O)NCc4cccc(Cl)c4)CC3)cc12. The molecular formula is C28H25ClFN3O2. The van der Waals surface area contributed by atoms with Crippen LogP contribution in [0.2, 0.25) is 5.02 Å². The lowest BCUT2D eigenvalue weighted by Gasteiger charge is -2.21. The molecule has 178 valence electrons. The summed E-state index contributed by atoms with van der Waals surface area (Å²) in [6, 6.07) is 15.9. The molecule has 5 rings (SSSR count). The Labute approximate surface area is 208 Å². The number of nitrogens with zero attached hydrogens (tertiary/aromatic N) is 1. The largest absolute Gasteiger partial charge is 0.496 e. The standard InChI is InChI=1S/C28H25ClFN3O2/c1-35-26-10-9-21(30)14-23(26)22-11-12-31-27-24(22)15-25(33-27)18-5-7-19(8-6-18)28(34)32-16-17-3-2-4-20(29)13-17/h2-5,9-15,19H,6-8,16H2,1H3,(H,31,33)(H,32,34). The molecule has 0 saturated heterocycles. The van der Waals surface area contributed by atoms with Gasteiger partial charge in [-0.15, -0.1) is 0 Å². The molecule has 4 aromatic rings. The number of methoxy groups -OCH3 is 1. The van der Waals surface area contributed by atoms with Crippen molar-refractivity contribution in [3.8, 4) is 16.9 Å². The Bertz CT molecular complexity index is 1430. The van der Waals surface area contributed by atoms with Crippen LogP contribution >= 0.6 is 11.6 Å². The second-order valence-electron chi connectivity index (χ2n) is 8.70. The smallest absolute Gasteiger partial charge is 0.223 e. The molecule has 1 unspecified atom stereocenters. The molecule has 2 heterocycles. The summed E-state index contributed by atoms with van der Waals surface area (Å²) < 4.78 is 19.5. The van der Waals surface area contributed by atoms with Crippen LogP contribution in [0, 0.1) is 11.7 Å². The number of halogens is 2. The lowest BCUT2D eigenvalue weighted by atomic mass is 9.87. The summed E-state index contributed by atoms with van der Waals surface area (Å²) in [7, 11) is 1.58. The zero-order chi connectivity index (χ0) is 24.4. The molecule has 0 fully saturated rings. The summed E-state index contributed by atoms with van der Waals surface area (Å²) in [5, 5.41) is 4.58. The third-order valence-corrected chi connectivity index (χ3v) is 6.70. The molecule has 1 aliphatic rings. The molecule has 1 atom stereocenters. The van der Waals surface area contributed by atoms with Gasteiger partial charge in [-0.3, -0.25) is 4.79 Å². The fraction of sp³-hybridized carbons (Fsp3) is 0.214. The summed E-state index contributed by atoms with van der Waals surface area (Å²) in [4.78, 5) is 20.6. The molecule has 2 aromatic carbocycles. The van der Waals surface area contributed by atoms with Crippen LogP contribution in [0.3, 0.4) is 0 Å². The minimum Gasteiger partial charge on any atom is -0.496 e. The third kappa shape index (κ3) is 4.93. The number of carbonyl (C=O) groups is 1. The number of amides is 1. The van der Waals surface area contributed by atoms with Crippen molar-refractivity contribution in [2.45, 2.75) is 25.8 Å². The summed E-state index contributed by atoms with van der Waals surface area (Å²) in [5.41, 5.74) is 5.36. The van der Waals surface area contributed by atoms with E-state index in [1.165, 1.54) is 12.1 Å². The fourth-order valence-corrected chi connectivity index (χ4v) is 4.84. The van der Waals surface area contributed by atoms with Crippen LogP contribution < -0.4 is 10.1 Å². The van der Waals surface area contributed by atoms with Crippen molar-refractivity contribution in [3.63, 3.8) is 0 Å². The number of nitrogens with one attached hydrogen (secondary N) is 2. The Morgan fingerprint density at radius 1 is 1.20 bits per heavy atom. The maximum absolute atomic E-state index is 14.0. The Balaban J connectivity index is 1.33. The van der Waals surface area contributed by atoms with Gasteiger partial charge in [0.2, 0.25) is 5.91 Å². The van der Waals surface area contributed by atoms with Gasteiger partial charge in [-0.25, -0.2) is 9.37 Å². The Hall–Kier alpha value is -3.64. The average molecular weight is 490 g/mol. The van der Waals surface area contributed by atoms with Gasteiger partial charge in [0.25, 0.3) is 0 Å². The number of hydrogen-bond acceptors (Lipinski definition) is 3. The number of hydrogen-bond donors (Lipinski definition) is 2. The molecule has 0 spiro atoms. The van der Waals surface area contributed by atoms with E-state index in [4.69, 9.17) is 16.3 Å². The van der Waals surface area contributed by atoms with Gasteiger partial charge in [-0.1, -0.05) is 29.8 Å². The quantitative estimate of drug-likeness (QED) is 0.323. The van der Waals surface area contributed by atoms with Crippen LogP contribution in [0.1, 0.15) is 30.5 Å². The van der Waals surface area contributed by atoms with E-state index in [1.54, 1.807) is 19.4 Å². The number of ether oxygens (including phenoxy) is 1.